The lowest BCUT2D eigenvalue weighted by Crippen LogP contribution is -2.25. The van der Waals surface area contributed by atoms with E-state index in [1.807, 2.05) is 0 Å². The van der Waals surface area contributed by atoms with Crippen molar-refractivity contribution in [2.45, 2.75) is 10.9 Å². The highest BCUT2D eigenvalue weighted by Gasteiger charge is 2.18. The highest BCUT2D eigenvalue weighted by atomic mass is 32.2. The Balaban J connectivity index is 1.31. The minimum atomic E-state index is -0.276. The maximum Gasteiger partial charge on any atom is 0.262 e. The van der Waals surface area contributed by atoms with Gasteiger partial charge in [-0.3, -0.25) is 9.59 Å². The summed E-state index contributed by atoms with van der Waals surface area (Å²) in [6.07, 6.45) is 0. The van der Waals surface area contributed by atoms with Crippen molar-refractivity contribution in [3.05, 3.63) is 59.4 Å². The molecule has 7 nitrogen and oxygen atoms in total. The Labute approximate surface area is 173 Å². The minimum absolute atomic E-state index is 0.0231. The second-order valence-corrected chi connectivity index (χ2v) is 8.31. The number of carbonyl (C=O) groups is 2. The molecule has 0 bridgehead atoms. The van der Waals surface area contributed by atoms with Crippen LogP contribution in [0.1, 0.15) is 15.9 Å². The smallest absolute Gasteiger partial charge is 0.262 e. The molecule has 0 aliphatic carbocycles. The summed E-state index contributed by atoms with van der Waals surface area (Å²) >= 11 is 2.63. The fourth-order valence-electron chi connectivity index (χ4n) is 2.59. The largest absolute Gasteiger partial charge is 0.482 e. The van der Waals surface area contributed by atoms with Crippen LogP contribution in [-0.2, 0) is 11.3 Å². The van der Waals surface area contributed by atoms with E-state index in [2.05, 4.69) is 20.8 Å². The summed E-state index contributed by atoms with van der Waals surface area (Å²) in [5, 5.41) is 14.6. The van der Waals surface area contributed by atoms with Crippen molar-refractivity contribution in [2.75, 3.05) is 23.0 Å². The van der Waals surface area contributed by atoms with E-state index in [1.165, 1.54) is 35.2 Å². The van der Waals surface area contributed by atoms with Gasteiger partial charge in [0, 0.05) is 12.1 Å². The lowest BCUT2D eigenvalue weighted by Gasteiger charge is -2.18. The standard InChI is InChI=1S/C19H15FN4O3S2/c20-13-4-1-11(2-5-13)8-21-18-23-24-19(29-18)28-10-15(25)12-3-6-16-14(7-12)22-17(26)9-27-16/h1-7H,8-10H2,(H,21,23)(H,22,26). The number of Topliss-reactive ketones (excluding diaryl/α,β-unsaturated/α-hetero) is 1. The maximum absolute atomic E-state index is 12.9. The van der Waals surface area contributed by atoms with Crippen LogP contribution in [0.4, 0.5) is 15.2 Å². The number of benzene rings is 2. The molecule has 2 heterocycles. The molecule has 1 amide bonds. The van der Waals surface area contributed by atoms with Crippen LogP contribution in [0.3, 0.4) is 0 Å². The number of halogens is 1. The SMILES string of the molecule is O=C1COc2ccc(C(=O)CSc3nnc(NCc4ccc(F)cc4)s3)cc2N1. The molecule has 0 radical (unpaired) electrons. The molecule has 0 unspecified atom stereocenters. The average molecular weight is 430 g/mol. The second kappa shape index (κ2) is 8.58. The zero-order valence-corrected chi connectivity index (χ0v) is 16.6. The summed E-state index contributed by atoms with van der Waals surface area (Å²) in [6.45, 7) is 0.478. The number of amides is 1. The van der Waals surface area contributed by atoms with E-state index in [9.17, 15) is 14.0 Å². The van der Waals surface area contributed by atoms with Gasteiger partial charge in [-0.2, -0.15) is 0 Å². The highest BCUT2D eigenvalue weighted by Crippen LogP contribution is 2.30. The number of rotatable bonds is 7. The molecule has 29 heavy (non-hydrogen) atoms. The summed E-state index contributed by atoms with van der Waals surface area (Å²) in [6, 6.07) is 11.2. The van der Waals surface area contributed by atoms with Crippen LogP contribution in [0, 0.1) is 5.82 Å². The van der Waals surface area contributed by atoms with Gasteiger partial charge >= 0.3 is 0 Å². The summed E-state index contributed by atoms with van der Waals surface area (Å²) in [7, 11) is 0. The molecule has 3 aromatic rings. The summed E-state index contributed by atoms with van der Waals surface area (Å²) in [4.78, 5) is 23.9. The topological polar surface area (TPSA) is 93.2 Å². The number of fused-ring (bicyclic) bond motifs is 1. The Hall–Kier alpha value is -2.98. The van der Waals surface area contributed by atoms with E-state index in [0.29, 0.717) is 33.0 Å². The van der Waals surface area contributed by atoms with E-state index >= 15 is 0 Å². The Kier molecular flexibility index (Phi) is 5.72. The van der Waals surface area contributed by atoms with Gasteiger partial charge in [-0.25, -0.2) is 4.39 Å². The second-order valence-electron chi connectivity index (χ2n) is 6.11. The van der Waals surface area contributed by atoms with Gasteiger partial charge in [0.25, 0.3) is 5.91 Å². The number of hydrogen-bond donors (Lipinski definition) is 2. The van der Waals surface area contributed by atoms with Crippen molar-refractivity contribution in [1.29, 1.82) is 0 Å². The van der Waals surface area contributed by atoms with Crippen molar-refractivity contribution in [3.8, 4) is 5.75 Å². The van der Waals surface area contributed by atoms with Crippen LogP contribution in [0.2, 0.25) is 0 Å². The Morgan fingerprint density at radius 2 is 2.07 bits per heavy atom. The van der Waals surface area contributed by atoms with Crippen molar-refractivity contribution >= 4 is 45.6 Å². The molecule has 1 aliphatic heterocycles. The molecule has 2 aromatic carbocycles. The lowest BCUT2D eigenvalue weighted by atomic mass is 10.1. The number of ether oxygens (including phenoxy) is 1. The van der Waals surface area contributed by atoms with Gasteiger partial charge in [0.15, 0.2) is 16.7 Å². The molecule has 0 saturated heterocycles. The Morgan fingerprint density at radius 1 is 1.24 bits per heavy atom. The first kappa shape index (κ1) is 19.3. The molecule has 4 rings (SSSR count). The van der Waals surface area contributed by atoms with Gasteiger partial charge in [0.05, 0.1) is 11.4 Å². The molecule has 0 atom stereocenters. The number of nitrogens with one attached hydrogen (secondary N) is 2. The van der Waals surface area contributed by atoms with Gasteiger partial charge in [-0.05, 0) is 35.9 Å². The third-order valence-electron chi connectivity index (χ3n) is 4.02. The van der Waals surface area contributed by atoms with Gasteiger partial charge in [0.2, 0.25) is 5.13 Å². The maximum atomic E-state index is 12.9. The third kappa shape index (κ3) is 4.90. The number of hydrogen-bond acceptors (Lipinski definition) is 8. The lowest BCUT2D eigenvalue weighted by molar-refractivity contribution is -0.118. The number of carbonyl (C=O) groups excluding carboxylic acids is 2. The van der Waals surface area contributed by atoms with E-state index in [-0.39, 0.29) is 29.9 Å². The van der Waals surface area contributed by atoms with Gasteiger partial charge in [-0.15, -0.1) is 10.2 Å². The monoisotopic (exact) mass is 430 g/mol. The van der Waals surface area contributed by atoms with Gasteiger partial charge in [-0.1, -0.05) is 35.2 Å². The van der Waals surface area contributed by atoms with Gasteiger partial charge in [0.1, 0.15) is 11.6 Å². The fraction of sp³-hybridized carbons (Fsp3) is 0.158. The Morgan fingerprint density at radius 3 is 2.90 bits per heavy atom. The number of nitrogens with zero attached hydrogens (tertiary/aromatic N) is 2. The van der Waals surface area contributed by atoms with Crippen molar-refractivity contribution < 1.29 is 18.7 Å². The highest BCUT2D eigenvalue weighted by molar-refractivity contribution is 8.01. The predicted octanol–water partition coefficient (Wildman–Crippen LogP) is 3.60. The minimum Gasteiger partial charge on any atom is -0.482 e. The first-order valence-corrected chi connectivity index (χ1v) is 10.4. The zero-order valence-electron chi connectivity index (χ0n) is 15.0. The molecule has 0 spiro atoms. The Bertz CT molecular complexity index is 1060. The first-order valence-electron chi connectivity index (χ1n) is 8.61. The molecule has 0 saturated carbocycles. The summed E-state index contributed by atoms with van der Waals surface area (Å²) in [5.74, 6) is 0.136. The van der Waals surface area contributed by atoms with E-state index in [0.717, 1.165) is 5.56 Å². The molecule has 1 aromatic heterocycles. The number of ketones is 1. The molecule has 148 valence electrons. The normalized spacial score (nSPS) is 12.7. The van der Waals surface area contributed by atoms with Crippen LogP contribution in [0.15, 0.2) is 46.8 Å². The molecular formula is C19H15FN4O3S2. The summed E-state index contributed by atoms with van der Waals surface area (Å²) < 4.78 is 18.9. The van der Waals surface area contributed by atoms with E-state index in [4.69, 9.17) is 4.74 Å². The van der Waals surface area contributed by atoms with E-state index < -0.39 is 0 Å². The molecular weight excluding hydrogens is 415 g/mol. The molecule has 0 fully saturated rings. The number of aromatic nitrogens is 2. The predicted molar refractivity (Wildman–Crippen MR) is 109 cm³/mol. The van der Waals surface area contributed by atoms with Crippen LogP contribution in [0.25, 0.3) is 0 Å². The van der Waals surface area contributed by atoms with E-state index in [1.54, 1.807) is 30.3 Å². The molecule has 10 heteroatoms. The quantitative estimate of drug-likeness (QED) is 0.437. The third-order valence-corrected chi connectivity index (χ3v) is 6.04. The molecule has 1 aliphatic rings. The fourth-order valence-corrected chi connectivity index (χ4v) is 4.23. The van der Waals surface area contributed by atoms with Crippen LogP contribution in [0.5, 0.6) is 5.75 Å². The van der Waals surface area contributed by atoms with Gasteiger partial charge < -0.3 is 15.4 Å². The first-order chi connectivity index (χ1) is 14.1. The van der Waals surface area contributed by atoms with Crippen LogP contribution < -0.4 is 15.4 Å². The summed E-state index contributed by atoms with van der Waals surface area (Å²) in [5.41, 5.74) is 1.91. The average Bonchev–Trinajstić information content (AvgIpc) is 3.19. The molecule has 2 N–H and O–H groups in total. The number of anilines is 2. The number of thioether (sulfide) groups is 1. The van der Waals surface area contributed by atoms with Crippen LogP contribution >= 0.6 is 23.1 Å². The van der Waals surface area contributed by atoms with Crippen molar-refractivity contribution in [3.63, 3.8) is 0 Å². The van der Waals surface area contributed by atoms with Crippen molar-refractivity contribution in [2.24, 2.45) is 0 Å². The van der Waals surface area contributed by atoms with Crippen LogP contribution in [-0.4, -0.2) is 34.2 Å². The van der Waals surface area contributed by atoms with Crippen molar-refractivity contribution in [1.82, 2.24) is 10.2 Å². The zero-order chi connectivity index (χ0) is 20.2.